The Bertz CT molecular complexity index is 1130. The maximum atomic E-state index is 13.2. The second kappa shape index (κ2) is 14.3. The maximum absolute atomic E-state index is 13.2. The molecule has 3 atom stereocenters. The first-order valence-electron chi connectivity index (χ1n) is 13.0. The van der Waals surface area contributed by atoms with Gasteiger partial charge in [-0.3, -0.25) is 19.2 Å². The van der Waals surface area contributed by atoms with E-state index in [4.69, 9.17) is 10.8 Å². The second-order valence-corrected chi connectivity index (χ2v) is 9.69. The Hall–Kier alpha value is -3.96. The molecule has 11 heteroatoms. The van der Waals surface area contributed by atoms with Gasteiger partial charge in [-0.1, -0.05) is 42.5 Å². The number of likely N-dealkylation sites (tertiary alicyclic amines) is 1. The molecule has 0 aliphatic carbocycles. The minimum atomic E-state index is -0.891. The summed E-state index contributed by atoms with van der Waals surface area (Å²) in [5.41, 5.74) is 7.80. The van der Waals surface area contributed by atoms with Gasteiger partial charge in [0.1, 0.15) is 17.8 Å². The maximum Gasteiger partial charge on any atom is 0.245 e. The highest BCUT2D eigenvalue weighted by molar-refractivity contribution is 5.93. The van der Waals surface area contributed by atoms with Crippen LogP contribution < -0.4 is 16.4 Å². The molecular weight excluding hydrogens is 502 g/mol. The highest BCUT2D eigenvalue weighted by Gasteiger charge is 2.38. The van der Waals surface area contributed by atoms with Gasteiger partial charge in [0.25, 0.3) is 0 Å². The number of likely N-dealkylation sites (N-methyl/N-ethyl adjacent to an activating group) is 1. The predicted molar refractivity (Wildman–Crippen MR) is 144 cm³/mol. The van der Waals surface area contributed by atoms with Crippen LogP contribution in [-0.2, 0) is 32.0 Å². The van der Waals surface area contributed by atoms with Crippen molar-refractivity contribution in [2.75, 3.05) is 33.3 Å². The zero-order valence-corrected chi connectivity index (χ0v) is 22.1. The molecule has 0 aromatic heterocycles. The molecule has 6 N–H and O–H groups in total. The Morgan fingerprint density at radius 2 is 1.72 bits per heavy atom. The second-order valence-electron chi connectivity index (χ2n) is 9.69. The summed E-state index contributed by atoms with van der Waals surface area (Å²) in [4.78, 5) is 54.5. The molecule has 1 fully saturated rings. The molecular formula is C28H37N5O6. The van der Waals surface area contributed by atoms with Gasteiger partial charge in [-0.05, 0) is 42.5 Å². The minimum absolute atomic E-state index is 0.0544. The predicted octanol–water partition coefficient (Wildman–Crippen LogP) is -0.453. The van der Waals surface area contributed by atoms with Crippen LogP contribution in [0.1, 0.15) is 24.0 Å². The zero-order valence-electron chi connectivity index (χ0n) is 22.1. The molecule has 2 aromatic carbocycles. The van der Waals surface area contributed by atoms with Crippen molar-refractivity contribution >= 4 is 23.6 Å². The molecule has 0 bridgehead atoms. The highest BCUT2D eigenvalue weighted by Crippen LogP contribution is 2.21. The first kappa shape index (κ1) is 29.6. The van der Waals surface area contributed by atoms with Crippen molar-refractivity contribution in [3.05, 3.63) is 65.7 Å². The quantitative estimate of drug-likeness (QED) is 0.244. The van der Waals surface area contributed by atoms with Crippen molar-refractivity contribution in [2.45, 2.75) is 43.8 Å². The Morgan fingerprint density at radius 1 is 1.05 bits per heavy atom. The molecule has 1 heterocycles. The van der Waals surface area contributed by atoms with Crippen LogP contribution in [0.15, 0.2) is 54.6 Å². The topological polar surface area (TPSA) is 165 Å². The number of benzene rings is 2. The van der Waals surface area contributed by atoms with E-state index >= 15 is 0 Å². The van der Waals surface area contributed by atoms with Crippen LogP contribution in [0.3, 0.4) is 0 Å². The number of nitrogens with one attached hydrogen (secondary N) is 2. The van der Waals surface area contributed by atoms with E-state index in [1.807, 2.05) is 30.3 Å². The molecule has 0 unspecified atom stereocenters. The fourth-order valence-electron chi connectivity index (χ4n) is 4.62. The van der Waals surface area contributed by atoms with Gasteiger partial charge in [-0.15, -0.1) is 0 Å². The van der Waals surface area contributed by atoms with Gasteiger partial charge in [-0.2, -0.15) is 0 Å². The third-order valence-electron chi connectivity index (χ3n) is 6.63. The standard InChI is InChI=1S/C28H37N5O6/c1-32(18-25(36)31-23(26(37)30-13-15-34)17-19-6-3-2-4-7-19)28(39)24-8-5-14-33(24)27(38)22(29)16-20-9-11-21(35)12-10-20/h2-4,6-7,9-12,22-24,34-35H,5,8,13-18,29H2,1H3,(H,30,37)(H,31,36)/t22-,23-,24-/m0/s1. The van der Waals surface area contributed by atoms with E-state index in [2.05, 4.69) is 10.6 Å². The van der Waals surface area contributed by atoms with Crippen molar-refractivity contribution in [3.8, 4) is 5.75 Å². The van der Waals surface area contributed by atoms with Gasteiger partial charge < -0.3 is 36.4 Å². The number of carbonyl (C=O) groups excluding carboxylic acids is 4. The van der Waals surface area contributed by atoms with Gasteiger partial charge in [0.15, 0.2) is 0 Å². The number of aromatic hydroxyl groups is 1. The monoisotopic (exact) mass is 539 g/mol. The average Bonchev–Trinajstić information content (AvgIpc) is 3.42. The summed E-state index contributed by atoms with van der Waals surface area (Å²) in [6, 6.07) is 13.1. The van der Waals surface area contributed by atoms with E-state index in [1.54, 1.807) is 12.1 Å². The molecule has 210 valence electrons. The molecule has 0 saturated carbocycles. The summed E-state index contributed by atoms with van der Waals surface area (Å²) in [6.07, 6.45) is 1.60. The van der Waals surface area contributed by atoms with Gasteiger partial charge in [0, 0.05) is 26.6 Å². The Balaban J connectivity index is 1.59. The molecule has 39 heavy (non-hydrogen) atoms. The summed E-state index contributed by atoms with van der Waals surface area (Å²) in [6.45, 7) is -0.0821. The van der Waals surface area contributed by atoms with Crippen LogP contribution >= 0.6 is 0 Å². The summed E-state index contributed by atoms with van der Waals surface area (Å²) in [7, 11) is 1.48. The molecule has 1 aliphatic heterocycles. The molecule has 0 radical (unpaired) electrons. The molecule has 11 nitrogen and oxygen atoms in total. The summed E-state index contributed by atoms with van der Waals surface area (Å²) in [5, 5.41) is 23.8. The Morgan fingerprint density at radius 3 is 2.38 bits per heavy atom. The fraction of sp³-hybridized carbons (Fsp3) is 0.429. The molecule has 2 aromatic rings. The number of aliphatic hydroxyl groups excluding tert-OH is 1. The lowest BCUT2D eigenvalue weighted by molar-refractivity contribution is -0.145. The third-order valence-corrected chi connectivity index (χ3v) is 6.63. The third kappa shape index (κ3) is 8.52. The molecule has 3 rings (SSSR count). The lowest BCUT2D eigenvalue weighted by Crippen LogP contribution is -2.54. The van der Waals surface area contributed by atoms with E-state index in [1.165, 1.54) is 29.0 Å². The van der Waals surface area contributed by atoms with Crippen molar-refractivity contribution in [3.63, 3.8) is 0 Å². The number of hydrogen-bond donors (Lipinski definition) is 5. The van der Waals surface area contributed by atoms with Crippen LogP contribution in [0.25, 0.3) is 0 Å². The lowest BCUT2D eigenvalue weighted by Gasteiger charge is -2.30. The number of phenols is 1. The number of aliphatic hydroxyl groups is 1. The van der Waals surface area contributed by atoms with E-state index in [0.717, 1.165) is 11.1 Å². The van der Waals surface area contributed by atoms with Gasteiger partial charge in [0.2, 0.25) is 23.6 Å². The number of nitrogens with zero attached hydrogens (tertiary/aromatic N) is 2. The average molecular weight is 540 g/mol. The van der Waals surface area contributed by atoms with Crippen LogP contribution in [0.5, 0.6) is 5.75 Å². The SMILES string of the molecule is CN(CC(=O)N[C@@H](Cc1ccccc1)C(=O)NCCO)C(=O)[C@@H]1CCCN1C(=O)[C@@H](N)Cc1ccc(O)cc1. The van der Waals surface area contributed by atoms with Crippen molar-refractivity contribution < 1.29 is 29.4 Å². The summed E-state index contributed by atoms with van der Waals surface area (Å²) in [5.74, 6) is -1.57. The van der Waals surface area contributed by atoms with Gasteiger partial charge >= 0.3 is 0 Å². The normalized spacial score (nSPS) is 16.3. The zero-order chi connectivity index (χ0) is 28.4. The fourth-order valence-corrected chi connectivity index (χ4v) is 4.62. The lowest BCUT2D eigenvalue weighted by atomic mass is 10.0. The number of phenolic OH excluding ortho intramolecular Hbond substituents is 1. The minimum Gasteiger partial charge on any atom is -0.508 e. The molecule has 0 spiro atoms. The molecule has 1 saturated heterocycles. The Labute approximate surface area is 228 Å². The molecule has 4 amide bonds. The van der Waals surface area contributed by atoms with Crippen LogP contribution in [0.4, 0.5) is 0 Å². The van der Waals surface area contributed by atoms with E-state index in [9.17, 15) is 24.3 Å². The van der Waals surface area contributed by atoms with E-state index in [-0.39, 0.29) is 50.1 Å². The van der Waals surface area contributed by atoms with Crippen molar-refractivity contribution in [1.29, 1.82) is 0 Å². The molecule has 1 aliphatic rings. The van der Waals surface area contributed by atoms with Gasteiger partial charge in [-0.25, -0.2) is 0 Å². The van der Waals surface area contributed by atoms with Crippen molar-refractivity contribution in [1.82, 2.24) is 20.4 Å². The Kier molecular flexibility index (Phi) is 10.8. The van der Waals surface area contributed by atoms with E-state index < -0.39 is 29.9 Å². The van der Waals surface area contributed by atoms with Crippen LogP contribution in [0.2, 0.25) is 0 Å². The number of nitrogens with two attached hydrogens (primary N) is 1. The van der Waals surface area contributed by atoms with Crippen molar-refractivity contribution in [2.24, 2.45) is 5.73 Å². The highest BCUT2D eigenvalue weighted by atomic mass is 16.3. The first-order chi connectivity index (χ1) is 18.7. The van der Waals surface area contributed by atoms with E-state index in [0.29, 0.717) is 19.4 Å². The summed E-state index contributed by atoms with van der Waals surface area (Å²) >= 11 is 0. The number of rotatable bonds is 12. The number of hydrogen-bond acceptors (Lipinski definition) is 7. The van der Waals surface area contributed by atoms with Crippen LogP contribution in [-0.4, -0.2) is 95.1 Å². The van der Waals surface area contributed by atoms with Gasteiger partial charge in [0.05, 0.1) is 19.2 Å². The number of amides is 4. The smallest absolute Gasteiger partial charge is 0.245 e. The summed E-state index contributed by atoms with van der Waals surface area (Å²) < 4.78 is 0. The first-order valence-corrected chi connectivity index (χ1v) is 13.0. The number of carbonyl (C=O) groups is 4. The van der Waals surface area contributed by atoms with Crippen LogP contribution in [0, 0.1) is 0 Å². The largest absolute Gasteiger partial charge is 0.508 e.